The van der Waals surface area contributed by atoms with E-state index in [-0.39, 0.29) is 23.1 Å². The van der Waals surface area contributed by atoms with Gasteiger partial charge in [0.05, 0.1) is 17.5 Å². The number of rotatable bonds is 3. The zero-order valence-corrected chi connectivity index (χ0v) is 19.0. The summed E-state index contributed by atoms with van der Waals surface area (Å²) in [6.45, 7) is 4.14. The number of ether oxygens (including phenoxy) is 1. The SMILES string of the molecule is Cc1nc2nc(C3CCOC(c4ccc(=O)n(C)c4)C3)nc(-c3ccc(F)cc3F)c2nc1C. The lowest BCUT2D eigenvalue weighted by atomic mass is 9.91. The molecule has 3 aromatic heterocycles. The second kappa shape index (κ2) is 8.64. The number of benzene rings is 1. The average Bonchev–Trinajstić information content (AvgIpc) is 2.81. The highest BCUT2D eigenvalue weighted by Gasteiger charge is 2.29. The fraction of sp³-hybridized carbons (Fsp3) is 0.320. The van der Waals surface area contributed by atoms with Crippen molar-refractivity contribution in [1.82, 2.24) is 24.5 Å². The summed E-state index contributed by atoms with van der Waals surface area (Å²) in [6, 6.07) is 6.69. The third-order valence-electron chi connectivity index (χ3n) is 6.28. The van der Waals surface area contributed by atoms with Crippen LogP contribution in [-0.4, -0.2) is 31.1 Å². The van der Waals surface area contributed by atoms with E-state index in [9.17, 15) is 13.6 Å². The molecule has 1 saturated heterocycles. The summed E-state index contributed by atoms with van der Waals surface area (Å²) in [4.78, 5) is 30.4. The second-order valence-electron chi connectivity index (χ2n) is 8.61. The van der Waals surface area contributed by atoms with Gasteiger partial charge in [0.1, 0.15) is 28.7 Å². The molecule has 9 heteroatoms. The average molecular weight is 463 g/mol. The maximum Gasteiger partial charge on any atom is 0.250 e. The minimum Gasteiger partial charge on any atom is -0.373 e. The molecule has 34 heavy (non-hydrogen) atoms. The molecule has 1 fully saturated rings. The van der Waals surface area contributed by atoms with Gasteiger partial charge in [-0.05, 0) is 50.5 Å². The van der Waals surface area contributed by atoms with Crippen molar-refractivity contribution < 1.29 is 13.5 Å². The number of aromatic nitrogens is 5. The van der Waals surface area contributed by atoms with Gasteiger partial charge < -0.3 is 9.30 Å². The number of hydrogen-bond acceptors (Lipinski definition) is 6. The highest BCUT2D eigenvalue weighted by atomic mass is 19.1. The highest BCUT2D eigenvalue weighted by Crippen LogP contribution is 2.37. The Kier molecular flexibility index (Phi) is 5.65. The number of pyridine rings is 1. The van der Waals surface area contributed by atoms with E-state index in [4.69, 9.17) is 14.7 Å². The van der Waals surface area contributed by atoms with Gasteiger partial charge in [0.2, 0.25) is 5.56 Å². The zero-order valence-electron chi connectivity index (χ0n) is 19.0. The van der Waals surface area contributed by atoms with E-state index in [0.717, 1.165) is 17.3 Å². The van der Waals surface area contributed by atoms with Crippen LogP contribution in [0.25, 0.3) is 22.4 Å². The maximum atomic E-state index is 14.8. The van der Waals surface area contributed by atoms with Crippen LogP contribution in [0.3, 0.4) is 0 Å². The first-order chi connectivity index (χ1) is 16.3. The summed E-state index contributed by atoms with van der Waals surface area (Å²) < 4.78 is 35.9. The molecule has 0 spiro atoms. The lowest BCUT2D eigenvalue weighted by Crippen LogP contribution is -2.23. The van der Waals surface area contributed by atoms with Gasteiger partial charge in [-0.3, -0.25) is 4.79 Å². The molecule has 0 aliphatic carbocycles. The fourth-order valence-electron chi connectivity index (χ4n) is 4.25. The van der Waals surface area contributed by atoms with Crippen LogP contribution in [-0.2, 0) is 11.8 Å². The maximum absolute atomic E-state index is 14.8. The lowest BCUT2D eigenvalue weighted by molar-refractivity contribution is 0.00364. The monoisotopic (exact) mass is 463 g/mol. The summed E-state index contributed by atoms with van der Waals surface area (Å²) in [6.07, 6.45) is 2.81. The third kappa shape index (κ3) is 4.07. The van der Waals surface area contributed by atoms with Gasteiger partial charge in [-0.15, -0.1) is 0 Å². The van der Waals surface area contributed by atoms with Gasteiger partial charge in [0.25, 0.3) is 0 Å². The Morgan fingerprint density at radius 2 is 1.82 bits per heavy atom. The van der Waals surface area contributed by atoms with Crippen molar-refractivity contribution >= 4 is 11.2 Å². The molecule has 0 bridgehead atoms. The number of hydrogen-bond donors (Lipinski definition) is 0. The summed E-state index contributed by atoms with van der Waals surface area (Å²) in [5.41, 5.74) is 3.39. The van der Waals surface area contributed by atoms with Gasteiger partial charge in [-0.2, -0.15) is 0 Å². The summed E-state index contributed by atoms with van der Waals surface area (Å²) in [5.74, 6) is -0.948. The Bertz CT molecular complexity index is 1470. The van der Waals surface area contributed by atoms with Crippen molar-refractivity contribution in [3.8, 4) is 11.3 Å². The first kappa shape index (κ1) is 22.2. The Balaban J connectivity index is 1.61. The predicted molar refractivity (Wildman–Crippen MR) is 122 cm³/mol. The van der Waals surface area contributed by atoms with Gasteiger partial charge in [0, 0.05) is 43.5 Å². The first-order valence-electron chi connectivity index (χ1n) is 11.1. The van der Waals surface area contributed by atoms with E-state index in [1.807, 2.05) is 13.8 Å². The Morgan fingerprint density at radius 1 is 1.03 bits per heavy atom. The Morgan fingerprint density at radius 3 is 2.59 bits per heavy atom. The molecule has 4 heterocycles. The van der Waals surface area contributed by atoms with Crippen LogP contribution in [0, 0.1) is 25.5 Å². The predicted octanol–water partition coefficient (Wildman–Crippen LogP) is 4.32. The van der Waals surface area contributed by atoms with E-state index >= 15 is 0 Å². The van der Waals surface area contributed by atoms with E-state index in [0.29, 0.717) is 47.8 Å². The lowest BCUT2D eigenvalue weighted by Gasteiger charge is -2.29. The van der Waals surface area contributed by atoms with Crippen LogP contribution < -0.4 is 5.56 Å². The molecule has 0 amide bonds. The molecule has 2 unspecified atom stereocenters. The van der Waals surface area contributed by atoms with E-state index in [2.05, 4.69) is 9.97 Å². The van der Waals surface area contributed by atoms with Crippen LogP contribution in [0.5, 0.6) is 0 Å². The molecular weight excluding hydrogens is 440 g/mol. The van der Waals surface area contributed by atoms with Gasteiger partial charge in [-0.25, -0.2) is 28.7 Å². The first-order valence-corrected chi connectivity index (χ1v) is 11.1. The van der Waals surface area contributed by atoms with Crippen molar-refractivity contribution in [2.75, 3.05) is 6.61 Å². The van der Waals surface area contributed by atoms with Crippen molar-refractivity contribution in [1.29, 1.82) is 0 Å². The Hall–Kier alpha value is -3.59. The number of nitrogens with zero attached hydrogens (tertiary/aromatic N) is 5. The van der Waals surface area contributed by atoms with Gasteiger partial charge >= 0.3 is 0 Å². The largest absolute Gasteiger partial charge is 0.373 e. The molecule has 2 atom stereocenters. The van der Waals surface area contributed by atoms with Crippen molar-refractivity contribution in [3.63, 3.8) is 0 Å². The van der Waals surface area contributed by atoms with Crippen LogP contribution in [0.4, 0.5) is 8.78 Å². The molecule has 174 valence electrons. The molecule has 0 radical (unpaired) electrons. The highest BCUT2D eigenvalue weighted by molar-refractivity contribution is 5.87. The fourth-order valence-corrected chi connectivity index (χ4v) is 4.25. The molecule has 1 aliphatic heterocycles. The second-order valence-corrected chi connectivity index (χ2v) is 8.61. The summed E-state index contributed by atoms with van der Waals surface area (Å²) >= 11 is 0. The van der Waals surface area contributed by atoms with E-state index in [1.165, 1.54) is 22.8 Å². The summed E-state index contributed by atoms with van der Waals surface area (Å²) in [7, 11) is 1.70. The van der Waals surface area contributed by atoms with Crippen LogP contribution >= 0.6 is 0 Å². The Labute approximate surface area is 194 Å². The molecule has 4 aromatic rings. The molecule has 1 aromatic carbocycles. The van der Waals surface area contributed by atoms with Crippen molar-refractivity contribution in [2.45, 2.75) is 38.7 Å². The van der Waals surface area contributed by atoms with Crippen molar-refractivity contribution in [3.05, 3.63) is 81.3 Å². The number of fused-ring (bicyclic) bond motifs is 1. The molecule has 0 saturated carbocycles. The van der Waals surface area contributed by atoms with Crippen LogP contribution in [0.15, 0.2) is 41.3 Å². The van der Waals surface area contributed by atoms with Crippen LogP contribution in [0.2, 0.25) is 0 Å². The summed E-state index contributed by atoms with van der Waals surface area (Å²) in [5, 5.41) is 0. The molecule has 5 rings (SSSR count). The quantitative estimate of drug-likeness (QED) is 0.450. The van der Waals surface area contributed by atoms with Crippen molar-refractivity contribution in [2.24, 2.45) is 7.05 Å². The molecule has 7 nitrogen and oxygen atoms in total. The molecular formula is C25H23F2N5O2. The normalized spacial score (nSPS) is 18.4. The molecule has 1 aliphatic rings. The van der Waals surface area contributed by atoms with Crippen LogP contribution in [0.1, 0.15) is 47.6 Å². The zero-order chi connectivity index (χ0) is 24.0. The minimum absolute atomic E-state index is 0.0777. The smallest absolute Gasteiger partial charge is 0.250 e. The topological polar surface area (TPSA) is 82.8 Å². The van der Waals surface area contributed by atoms with E-state index < -0.39 is 11.6 Å². The van der Waals surface area contributed by atoms with Gasteiger partial charge in [-0.1, -0.05) is 0 Å². The standard InChI is InChI=1S/C25H23F2N5O2/c1-13-14(2)29-25-23(28-13)22(18-6-5-17(26)11-19(18)27)30-24(31-25)15-8-9-34-20(10-15)16-4-7-21(33)32(3)12-16/h4-7,11-12,15,20H,8-10H2,1-3H3. The van der Waals surface area contributed by atoms with Gasteiger partial charge in [0.15, 0.2) is 5.65 Å². The molecule has 0 N–H and O–H groups in total. The third-order valence-corrected chi connectivity index (χ3v) is 6.28. The minimum atomic E-state index is -0.721. The van der Waals surface area contributed by atoms with E-state index in [1.54, 1.807) is 19.3 Å². The number of aryl methyl sites for hydroxylation is 3. The number of halogens is 2.